The first-order valence-electron chi connectivity index (χ1n) is 4.61. The van der Waals surface area contributed by atoms with Gasteiger partial charge in [-0.25, -0.2) is 0 Å². The van der Waals surface area contributed by atoms with Gasteiger partial charge in [0.15, 0.2) is 0 Å². The smallest absolute Gasteiger partial charge is 0.0507 e. The van der Waals surface area contributed by atoms with Crippen LogP contribution in [0.15, 0.2) is 0 Å². The van der Waals surface area contributed by atoms with E-state index < -0.39 is 0 Å². The summed E-state index contributed by atoms with van der Waals surface area (Å²) in [7, 11) is 4.45. The summed E-state index contributed by atoms with van der Waals surface area (Å²) in [5, 5.41) is 0. The maximum atomic E-state index is 2.45. The van der Waals surface area contributed by atoms with Crippen LogP contribution in [0.2, 0.25) is 0 Å². The number of rotatable bonds is 2. The van der Waals surface area contributed by atoms with E-state index in [0.717, 1.165) is 18.8 Å². The second kappa shape index (κ2) is 3.55. The monoisotopic (exact) mass is 156 g/mol. The molecular formula is C9H20N2. The molecule has 0 N–H and O–H groups in total. The standard InChI is InChI=1S/C9H20N2/c1-5-8-9(6-2)11(4)7-10(8)3/h8-9H,5-7H2,1-4H3. The molecule has 2 atom stereocenters. The largest absolute Gasteiger partial charge is 0.289 e. The van der Waals surface area contributed by atoms with Gasteiger partial charge in [-0.15, -0.1) is 0 Å². The average molecular weight is 156 g/mol. The summed E-state index contributed by atoms with van der Waals surface area (Å²) in [5.74, 6) is 0. The van der Waals surface area contributed by atoms with E-state index in [4.69, 9.17) is 0 Å². The van der Waals surface area contributed by atoms with Gasteiger partial charge in [-0.1, -0.05) is 13.8 Å². The zero-order valence-corrected chi connectivity index (χ0v) is 8.17. The van der Waals surface area contributed by atoms with Crippen LogP contribution in [0.5, 0.6) is 0 Å². The van der Waals surface area contributed by atoms with Crippen molar-refractivity contribution in [2.75, 3.05) is 20.8 Å². The third-order valence-electron chi connectivity index (χ3n) is 2.86. The third kappa shape index (κ3) is 1.57. The van der Waals surface area contributed by atoms with Gasteiger partial charge in [-0.2, -0.15) is 0 Å². The molecule has 0 saturated carbocycles. The van der Waals surface area contributed by atoms with E-state index in [0.29, 0.717) is 0 Å². The van der Waals surface area contributed by atoms with Gasteiger partial charge >= 0.3 is 0 Å². The van der Waals surface area contributed by atoms with Crippen LogP contribution in [0.4, 0.5) is 0 Å². The normalized spacial score (nSPS) is 34.9. The Hall–Kier alpha value is -0.0800. The average Bonchev–Trinajstić information content (AvgIpc) is 2.24. The van der Waals surface area contributed by atoms with Crippen molar-refractivity contribution in [3.63, 3.8) is 0 Å². The van der Waals surface area contributed by atoms with Gasteiger partial charge in [0.1, 0.15) is 0 Å². The minimum absolute atomic E-state index is 0.782. The Bertz CT molecular complexity index is 111. The molecule has 1 rings (SSSR count). The van der Waals surface area contributed by atoms with Crippen molar-refractivity contribution >= 4 is 0 Å². The second-order valence-corrected chi connectivity index (χ2v) is 3.61. The van der Waals surface area contributed by atoms with Crippen LogP contribution in [-0.4, -0.2) is 42.6 Å². The summed E-state index contributed by atoms with van der Waals surface area (Å²) in [6.07, 6.45) is 2.55. The van der Waals surface area contributed by atoms with Gasteiger partial charge in [0.05, 0.1) is 6.67 Å². The minimum atomic E-state index is 0.782. The van der Waals surface area contributed by atoms with E-state index in [9.17, 15) is 0 Å². The molecule has 1 heterocycles. The van der Waals surface area contributed by atoms with Gasteiger partial charge < -0.3 is 0 Å². The van der Waals surface area contributed by atoms with Crippen molar-refractivity contribution in [2.45, 2.75) is 38.8 Å². The van der Waals surface area contributed by atoms with E-state index >= 15 is 0 Å². The van der Waals surface area contributed by atoms with Crippen LogP contribution in [0.3, 0.4) is 0 Å². The summed E-state index contributed by atoms with van der Waals surface area (Å²) in [4.78, 5) is 4.91. The molecule has 11 heavy (non-hydrogen) atoms. The highest BCUT2D eigenvalue weighted by atomic mass is 15.4. The molecule has 0 radical (unpaired) electrons. The maximum Gasteiger partial charge on any atom is 0.0507 e. The van der Waals surface area contributed by atoms with Crippen molar-refractivity contribution < 1.29 is 0 Å². The molecule has 66 valence electrons. The Morgan fingerprint density at radius 1 is 1.00 bits per heavy atom. The number of likely N-dealkylation sites (N-methyl/N-ethyl adjacent to an activating group) is 2. The lowest BCUT2D eigenvalue weighted by atomic mass is 10.0. The number of hydrogen-bond donors (Lipinski definition) is 0. The lowest BCUT2D eigenvalue weighted by molar-refractivity contribution is 0.281. The summed E-state index contributed by atoms with van der Waals surface area (Å²) in [6.45, 7) is 5.70. The topological polar surface area (TPSA) is 6.48 Å². The SMILES string of the molecule is CCC1C(CC)N(C)CN1C. The molecule has 0 spiro atoms. The Morgan fingerprint density at radius 3 is 1.64 bits per heavy atom. The first-order chi connectivity index (χ1) is 5.20. The van der Waals surface area contributed by atoms with E-state index in [-0.39, 0.29) is 0 Å². The van der Waals surface area contributed by atoms with Crippen LogP contribution in [-0.2, 0) is 0 Å². The lowest BCUT2D eigenvalue weighted by Gasteiger charge is -2.23. The molecule has 1 fully saturated rings. The Morgan fingerprint density at radius 2 is 1.36 bits per heavy atom. The lowest BCUT2D eigenvalue weighted by Crippen LogP contribution is -2.33. The highest BCUT2D eigenvalue weighted by Gasteiger charge is 2.32. The summed E-state index contributed by atoms with van der Waals surface area (Å²) >= 11 is 0. The first-order valence-corrected chi connectivity index (χ1v) is 4.61. The van der Waals surface area contributed by atoms with Gasteiger partial charge in [0.25, 0.3) is 0 Å². The molecule has 1 saturated heterocycles. The van der Waals surface area contributed by atoms with Crippen molar-refractivity contribution in [1.82, 2.24) is 9.80 Å². The summed E-state index contributed by atoms with van der Waals surface area (Å²) in [5.41, 5.74) is 0. The van der Waals surface area contributed by atoms with Gasteiger partial charge in [-0.05, 0) is 26.9 Å². The van der Waals surface area contributed by atoms with E-state index in [1.54, 1.807) is 0 Å². The van der Waals surface area contributed by atoms with Crippen LogP contribution in [0.25, 0.3) is 0 Å². The molecule has 2 unspecified atom stereocenters. The molecule has 0 aromatic carbocycles. The Labute approximate surface area is 70.2 Å². The summed E-state index contributed by atoms with van der Waals surface area (Å²) < 4.78 is 0. The Kier molecular flexibility index (Phi) is 2.90. The fourth-order valence-corrected chi connectivity index (χ4v) is 2.32. The van der Waals surface area contributed by atoms with Crippen LogP contribution in [0, 0.1) is 0 Å². The molecular weight excluding hydrogens is 136 g/mol. The predicted molar refractivity (Wildman–Crippen MR) is 48.6 cm³/mol. The van der Waals surface area contributed by atoms with E-state index in [1.807, 2.05) is 0 Å². The van der Waals surface area contributed by atoms with Crippen molar-refractivity contribution in [3.8, 4) is 0 Å². The van der Waals surface area contributed by atoms with Crippen LogP contribution in [0.1, 0.15) is 26.7 Å². The zero-order valence-electron chi connectivity index (χ0n) is 8.17. The van der Waals surface area contributed by atoms with Crippen LogP contribution >= 0.6 is 0 Å². The summed E-state index contributed by atoms with van der Waals surface area (Å²) in [6, 6.07) is 1.56. The molecule has 2 nitrogen and oxygen atoms in total. The molecule has 2 heteroatoms. The molecule has 1 aliphatic rings. The maximum absolute atomic E-state index is 2.45. The molecule has 0 bridgehead atoms. The van der Waals surface area contributed by atoms with Gasteiger partial charge in [0, 0.05) is 12.1 Å². The molecule has 0 aliphatic carbocycles. The highest BCUT2D eigenvalue weighted by Crippen LogP contribution is 2.21. The Balaban J connectivity index is 2.59. The molecule has 0 aromatic heterocycles. The van der Waals surface area contributed by atoms with Gasteiger partial charge in [0.2, 0.25) is 0 Å². The first kappa shape index (κ1) is 9.01. The minimum Gasteiger partial charge on any atom is -0.289 e. The predicted octanol–water partition coefficient (Wildman–Crippen LogP) is 1.38. The van der Waals surface area contributed by atoms with E-state index in [1.165, 1.54) is 12.8 Å². The fourth-order valence-electron chi connectivity index (χ4n) is 2.32. The van der Waals surface area contributed by atoms with E-state index in [2.05, 4.69) is 37.7 Å². The van der Waals surface area contributed by atoms with Crippen molar-refractivity contribution in [2.24, 2.45) is 0 Å². The number of hydrogen-bond acceptors (Lipinski definition) is 2. The van der Waals surface area contributed by atoms with Crippen molar-refractivity contribution in [1.29, 1.82) is 0 Å². The number of nitrogens with zero attached hydrogens (tertiary/aromatic N) is 2. The van der Waals surface area contributed by atoms with Gasteiger partial charge in [-0.3, -0.25) is 9.80 Å². The molecule has 0 aromatic rings. The van der Waals surface area contributed by atoms with Crippen molar-refractivity contribution in [3.05, 3.63) is 0 Å². The second-order valence-electron chi connectivity index (χ2n) is 3.61. The zero-order chi connectivity index (χ0) is 8.43. The fraction of sp³-hybridized carbons (Fsp3) is 1.00. The molecule has 0 amide bonds. The third-order valence-corrected chi connectivity index (χ3v) is 2.86. The van der Waals surface area contributed by atoms with Crippen LogP contribution < -0.4 is 0 Å². The highest BCUT2D eigenvalue weighted by molar-refractivity contribution is 4.87. The quantitative estimate of drug-likeness (QED) is 0.596. The molecule has 1 aliphatic heterocycles.